The highest BCUT2D eigenvalue weighted by molar-refractivity contribution is 4.89. The molecule has 0 amide bonds. The second kappa shape index (κ2) is 10.3. The molecule has 0 radical (unpaired) electrons. The number of nitrogens with zero attached hydrogens (tertiary/aromatic N) is 2. The van der Waals surface area contributed by atoms with Gasteiger partial charge in [-0.3, -0.25) is 0 Å². The van der Waals surface area contributed by atoms with E-state index < -0.39 is 0 Å². The van der Waals surface area contributed by atoms with Crippen molar-refractivity contribution in [3.05, 3.63) is 0 Å². The maximum Gasteiger partial charge on any atom is 0.104 e. The zero-order chi connectivity index (χ0) is 14.7. The molecule has 0 aromatic carbocycles. The average molecular weight is 267 g/mol. The fraction of sp³-hybridized carbons (Fsp3) is 0.941. The van der Waals surface area contributed by atoms with E-state index in [0.717, 1.165) is 10.9 Å². The predicted molar refractivity (Wildman–Crippen MR) is 83.8 cm³/mol. The number of rotatable bonds is 11. The Kier molecular flexibility index (Phi) is 9.97. The molecule has 19 heavy (non-hydrogen) atoms. The van der Waals surface area contributed by atoms with Crippen molar-refractivity contribution in [3.8, 4) is 6.07 Å². The smallest absolute Gasteiger partial charge is 0.104 e. The average Bonchev–Trinajstić information content (AvgIpc) is 2.34. The molecule has 0 heterocycles. The fourth-order valence-corrected chi connectivity index (χ4v) is 2.87. The quantitative estimate of drug-likeness (QED) is 0.391. The van der Waals surface area contributed by atoms with Crippen LogP contribution in [0.5, 0.6) is 0 Å². The van der Waals surface area contributed by atoms with E-state index in [0.29, 0.717) is 6.04 Å². The van der Waals surface area contributed by atoms with Crippen LogP contribution in [0.15, 0.2) is 0 Å². The maximum atomic E-state index is 9.50. The summed E-state index contributed by atoms with van der Waals surface area (Å²) in [5.74, 6) is 0.230. The summed E-state index contributed by atoms with van der Waals surface area (Å²) in [4.78, 5) is 0. The first-order valence-electron chi connectivity index (χ1n) is 8.18. The van der Waals surface area contributed by atoms with Gasteiger partial charge >= 0.3 is 0 Å². The molecule has 112 valence electrons. The molecule has 0 saturated heterocycles. The van der Waals surface area contributed by atoms with Crippen LogP contribution in [0.3, 0.4) is 0 Å². The second-order valence-corrected chi connectivity index (χ2v) is 6.76. The molecule has 0 bridgehead atoms. The summed E-state index contributed by atoms with van der Waals surface area (Å²) < 4.78 is 0.927. The Morgan fingerprint density at radius 3 is 1.84 bits per heavy atom. The van der Waals surface area contributed by atoms with Crippen molar-refractivity contribution in [1.82, 2.24) is 0 Å². The largest absolute Gasteiger partial charge is 0.327 e. The van der Waals surface area contributed by atoms with Crippen LogP contribution in [0.2, 0.25) is 0 Å². The van der Waals surface area contributed by atoms with Gasteiger partial charge in [0.05, 0.1) is 33.1 Å². The van der Waals surface area contributed by atoms with E-state index >= 15 is 0 Å². The van der Waals surface area contributed by atoms with Crippen LogP contribution in [0.25, 0.3) is 0 Å². The van der Waals surface area contributed by atoms with E-state index in [2.05, 4.69) is 41.1 Å². The SMILES string of the molecule is CCCCCCC(C(C#N)CCCCC)[N+](C)(C)C. The number of hydrogen-bond acceptors (Lipinski definition) is 1. The Morgan fingerprint density at radius 2 is 1.37 bits per heavy atom. The Hall–Kier alpha value is -0.550. The van der Waals surface area contributed by atoms with Crippen LogP contribution in [-0.2, 0) is 0 Å². The van der Waals surface area contributed by atoms with E-state index in [9.17, 15) is 5.26 Å². The minimum absolute atomic E-state index is 0.230. The summed E-state index contributed by atoms with van der Waals surface area (Å²) in [6.07, 6.45) is 11.2. The lowest BCUT2D eigenvalue weighted by atomic mass is 9.89. The third kappa shape index (κ3) is 8.26. The van der Waals surface area contributed by atoms with E-state index in [1.165, 1.54) is 51.4 Å². The lowest BCUT2D eigenvalue weighted by Gasteiger charge is -2.37. The van der Waals surface area contributed by atoms with E-state index in [-0.39, 0.29) is 5.92 Å². The second-order valence-electron chi connectivity index (χ2n) is 6.76. The minimum Gasteiger partial charge on any atom is -0.327 e. The summed E-state index contributed by atoms with van der Waals surface area (Å²) in [6, 6.07) is 3.09. The Bertz CT molecular complexity index is 247. The van der Waals surface area contributed by atoms with Gasteiger partial charge in [-0.2, -0.15) is 5.26 Å². The standard InChI is InChI=1S/C17H35N2/c1-6-8-10-12-14-17(19(3,4)5)16(15-18)13-11-9-7-2/h16-17H,6-14H2,1-5H3/q+1. The number of unbranched alkanes of at least 4 members (excludes halogenated alkanes) is 5. The Morgan fingerprint density at radius 1 is 0.842 bits per heavy atom. The van der Waals surface area contributed by atoms with Gasteiger partial charge in [-0.25, -0.2) is 0 Å². The van der Waals surface area contributed by atoms with Gasteiger partial charge < -0.3 is 4.48 Å². The van der Waals surface area contributed by atoms with E-state index in [1.807, 2.05) is 0 Å². The molecule has 2 atom stereocenters. The van der Waals surface area contributed by atoms with E-state index in [1.54, 1.807) is 0 Å². The van der Waals surface area contributed by atoms with Gasteiger partial charge in [-0.05, 0) is 12.8 Å². The van der Waals surface area contributed by atoms with Gasteiger partial charge in [0, 0.05) is 6.42 Å². The normalized spacial score (nSPS) is 14.9. The fourth-order valence-electron chi connectivity index (χ4n) is 2.87. The Labute approximate surface area is 121 Å². The molecule has 0 aromatic rings. The minimum atomic E-state index is 0.230. The molecular formula is C17H35N2+. The topological polar surface area (TPSA) is 23.8 Å². The first-order valence-corrected chi connectivity index (χ1v) is 8.18. The highest BCUT2D eigenvalue weighted by Crippen LogP contribution is 2.25. The Balaban J connectivity index is 4.40. The van der Waals surface area contributed by atoms with Gasteiger partial charge in [0.1, 0.15) is 6.04 Å². The maximum absolute atomic E-state index is 9.50. The molecular weight excluding hydrogens is 232 g/mol. The monoisotopic (exact) mass is 267 g/mol. The predicted octanol–water partition coefficient (Wildman–Crippen LogP) is 4.75. The number of hydrogen-bond donors (Lipinski definition) is 0. The first-order chi connectivity index (χ1) is 8.97. The molecule has 2 heteroatoms. The van der Waals surface area contributed by atoms with Crippen molar-refractivity contribution in [3.63, 3.8) is 0 Å². The summed E-state index contributed by atoms with van der Waals surface area (Å²) in [5, 5.41) is 9.50. The lowest BCUT2D eigenvalue weighted by Crippen LogP contribution is -2.49. The van der Waals surface area contributed by atoms with Gasteiger partial charge in [-0.15, -0.1) is 0 Å². The highest BCUT2D eigenvalue weighted by atomic mass is 15.3. The molecule has 0 saturated carbocycles. The number of quaternary nitrogens is 1. The molecule has 2 nitrogen and oxygen atoms in total. The zero-order valence-electron chi connectivity index (χ0n) is 13.9. The molecule has 0 N–H and O–H groups in total. The van der Waals surface area contributed by atoms with Gasteiger partial charge in [0.25, 0.3) is 0 Å². The van der Waals surface area contributed by atoms with Crippen LogP contribution in [-0.4, -0.2) is 31.7 Å². The summed E-state index contributed by atoms with van der Waals surface area (Å²) >= 11 is 0. The third-order valence-corrected chi connectivity index (χ3v) is 4.10. The van der Waals surface area contributed by atoms with Crippen LogP contribution in [0.4, 0.5) is 0 Å². The van der Waals surface area contributed by atoms with Gasteiger partial charge in [-0.1, -0.05) is 52.4 Å². The summed E-state index contributed by atoms with van der Waals surface area (Å²) in [5.41, 5.74) is 0. The summed E-state index contributed by atoms with van der Waals surface area (Å²) in [7, 11) is 6.73. The van der Waals surface area contributed by atoms with Crippen molar-refractivity contribution in [1.29, 1.82) is 5.26 Å². The van der Waals surface area contributed by atoms with Crippen LogP contribution in [0, 0.1) is 17.2 Å². The van der Waals surface area contributed by atoms with Crippen LogP contribution < -0.4 is 0 Å². The molecule has 0 spiro atoms. The lowest BCUT2D eigenvalue weighted by molar-refractivity contribution is -0.899. The first kappa shape index (κ1) is 18.4. The molecule has 2 unspecified atom stereocenters. The van der Waals surface area contributed by atoms with Gasteiger partial charge in [0.2, 0.25) is 0 Å². The van der Waals surface area contributed by atoms with Gasteiger partial charge in [0.15, 0.2) is 0 Å². The molecule has 0 aromatic heterocycles. The molecule has 0 fully saturated rings. The van der Waals surface area contributed by atoms with Crippen LogP contribution >= 0.6 is 0 Å². The zero-order valence-corrected chi connectivity index (χ0v) is 13.9. The number of nitriles is 1. The highest BCUT2D eigenvalue weighted by Gasteiger charge is 2.31. The van der Waals surface area contributed by atoms with Crippen molar-refractivity contribution in [2.24, 2.45) is 5.92 Å². The third-order valence-electron chi connectivity index (χ3n) is 4.10. The van der Waals surface area contributed by atoms with Crippen molar-refractivity contribution in [2.75, 3.05) is 21.1 Å². The molecule has 0 rings (SSSR count). The van der Waals surface area contributed by atoms with Crippen molar-refractivity contribution < 1.29 is 4.48 Å². The van der Waals surface area contributed by atoms with Crippen LogP contribution in [0.1, 0.15) is 71.6 Å². The molecule has 0 aliphatic rings. The van der Waals surface area contributed by atoms with Crippen molar-refractivity contribution >= 4 is 0 Å². The van der Waals surface area contributed by atoms with Crippen molar-refractivity contribution in [2.45, 2.75) is 77.7 Å². The van der Waals surface area contributed by atoms with E-state index in [4.69, 9.17) is 0 Å². The summed E-state index contributed by atoms with van der Waals surface area (Å²) in [6.45, 7) is 4.48. The molecule has 0 aliphatic heterocycles. The molecule has 0 aliphatic carbocycles.